The standard InChI is InChI=1S/C8H13BrF5IS4/c9-1-3-16-19(17-4-2-15,6-8(12,13)14)18-5-7(10)11/h7H,1-6H2. The molecule has 0 heterocycles. The van der Waals surface area contributed by atoms with Crippen molar-refractivity contribution in [1.29, 1.82) is 0 Å². The van der Waals surface area contributed by atoms with E-state index in [-0.39, 0.29) is 0 Å². The van der Waals surface area contributed by atoms with E-state index < -0.39 is 31.2 Å². The van der Waals surface area contributed by atoms with Gasteiger partial charge in [-0.2, -0.15) is 13.2 Å². The van der Waals surface area contributed by atoms with Gasteiger partial charge in [0.05, 0.1) is 11.5 Å². The molecule has 0 fully saturated rings. The molecule has 0 aliphatic heterocycles. The predicted octanol–water partition coefficient (Wildman–Crippen LogP) is 6.39. The summed E-state index contributed by atoms with van der Waals surface area (Å²) in [6.45, 7) is 0. The maximum atomic E-state index is 12.7. The molecule has 0 radical (unpaired) electrons. The molecule has 0 amide bonds. The van der Waals surface area contributed by atoms with Crippen molar-refractivity contribution in [1.82, 2.24) is 0 Å². The summed E-state index contributed by atoms with van der Waals surface area (Å²) >= 11 is 5.25. The van der Waals surface area contributed by atoms with Crippen molar-refractivity contribution in [3.8, 4) is 0 Å². The Bertz CT molecular complexity index is 236. The number of hydrogen-bond acceptors (Lipinski definition) is 3. The van der Waals surface area contributed by atoms with Gasteiger partial charge < -0.3 is 0 Å². The highest BCUT2D eigenvalue weighted by molar-refractivity contribution is 14.1. The molecule has 0 aromatic carbocycles. The fourth-order valence-corrected chi connectivity index (χ4v) is 16.2. The van der Waals surface area contributed by atoms with Crippen LogP contribution in [0.5, 0.6) is 0 Å². The summed E-state index contributed by atoms with van der Waals surface area (Å²) in [6, 6.07) is 0. The van der Waals surface area contributed by atoms with E-state index in [1.54, 1.807) is 0 Å². The lowest BCUT2D eigenvalue weighted by Crippen LogP contribution is -2.17. The van der Waals surface area contributed by atoms with Crippen molar-refractivity contribution in [2.75, 3.05) is 32.8 Å². The molecule has 19 heavy (non-hydrogen) atoms. The summed E-state index contributed by atoms with van der Waals surface area (Å²) in [5.74, 6) is -0.460. The van der Waals surface area contributed by atoms with Gasteiger partial charge in [0.15, 0.2) is 0 Å². The van der Waals surface area contributed by atoms with Crippen LogP contribution in [0.2, 0.25) is 0 Å². The molecule has 1 atom stereocenters. The molecule has 0 rings (SSSR count). The molecule has 0 aliphatic rings. The Hall–Kier alpha value is 2.26. The van der Waals surface area contributed by atoms with Crippen LogP contribution in [0.3, 0.4) is 0 Å². The maximum Gasteiger partial charge on any atom is 0.398 e. The largest absolute Gasteiger partial charge is 0.398 e. The number of alkyl halides is 7. The lowest BCUT2D eigenvalue weighted by Gasteiger charge is -2.37. The van der Waals surface area contributed by atoms with Gasteiger partial charge in [-0.3, -0.25) is 0 Å². The quantitative estimate of drug-likeness (QED) is 0.137. The summed E-state index contributed by atoms with van der Waals surface area (Å²) in [6.07, 6.45) is -6.89. The highest BCUT2D eigenvalue weighted by atomic mass is 127. The van der Waals surface area contributed by atoms with Crippen LogP contribution in [0, 0.1) is 0 Å². The molecule has 0 spiro atoms. The SMILES string of the molecule is FC(F)CSS(CC(F)(F)F)(SCCBr)SCCI. The van der Waals surface area contributed by atoms with Crippen molar-refractivity contribution < 1.29 is 22.0 Å². The fourth-order valence-electron chi connectivity index (χ4n) is 0.900. The van der Waals surface area contributed by atoms with Crippen LogP contribution < -0.4 is 0 Å². The number of rotatable bonds is 10. The van der Waals surface area contributed by atoms with Gasteiger partial charge in [0.25, 0.3) is 0 Å². The van der Waals surface area contributed by atoms with Gasteiger partial charge in [0.1, 0.15) is 0 Å². The van der Waals surface area contributed by atoms with Crippen LogP contribution in [0.25, 0.3) is 0 Å². The topological polar surface area (TPSA) is 0 Å². The average Bonchev–Trinajstić information content (AvgIpc) is 2.29. The lowest BCUT2D eigenvalue weighted by molar-refractivity contribution is -0.105. The monoisotopic (exact) mass is 538 g/mol. The Labute approximate surface area is 144 Å². The maximum absolute atomic E-state index is 12.7. The van der Waals surface area contributed by atoms with Crippen molar-refractivity contribution in [2.45, 2.75) is 12.6 Å². The van der Waals surface area contributed by atoms with Crippen LogP contribution in [0.1, 0.15) is 0 Å². The van der Waals surface area contributed by atoms with E-state index in [4.69, 9.17) is 0 Å². The third kappa shape index (κ3) is 11.5. The zero-order chi connectivity index (χ0) is 14.9. The Morgan fingerprint density at radius 3 is 2.11 bits per heavy atom. The zero-order valence-electron chi connectivity index (χ0n) is 9.60. The second kappa shape index (κ2) is 10.9. The van der Waals surface area contributed by atoms with Gasteiger partial charge in [-0.1, -0.05) is 78.0 Å². The molecular weight excluding hydrogens is 526 g/mol. The average molecular weight is 539 g/mol. The minimum Gasteiger partial charge on any atom is -0.210 e. The third-order valence-electron chi connectivity index (χ3n) is 1.39. The molecule has 0 bridgehead atoms. The van der Waals surface area contributed by atoms with E-state index >= 15 is 0 Å². The van der Waals surface area contributed by atoms with E-state index in [1.807, 2.05) is 0 Å². The van der Waals surface area contributed by atoms with Gasteiger partial charge in [-0.05, 0) is 0 Å². The van der Waals surface area contributed by atoms with Crippen LogP contribution in [0.4, 0.5) is 22.0 Å². The molecule has 0 saturated heterocycles. The predicted molar refractivity (Wildman–Crippen MR) is 94.6 cm³/mol. The fraction of sp³-hybridized carbons (Fsp3) is 1.00. The molecule has 1 unspecified atom stereocenters. The van der Waals surface area contributed by atoms with Crippen molar-refractivity contribution >= 4 is 78.0 Å². The summed E-state index contributed by atoms with van der Waals surface area (Å²) in [4.78, 5) is 0. The van der Waals surface area contributed by atoms with Crippen LogP contribution in [-0.2, 0) is 0 Å². The van der Waals surface area contributed by atoms with Crippen LogP contribution in [-0.4, -0.2) is 45.4 Å². The Morgan fingerprint density at radius 1 is 1.11 bits per heavy atom. The van der Waals surface area contributed by atoms with Crippen molar-refractivity contribution in [3.63, 3.8) is 0 Å². The summed E-state index contributed by atoms with van der Waals surface area (Å²) in [7, 11) is 0.925. The first-order valence-electron chi connectivity index (χ1n) is 4.95. The third-order valence-corrected chi connectivity index (χ3v) is 17.4. The minimum atomic E-state index is -4.32. The zero-order valence-corrected chi connectivity index (χ0v) is 16.6. The van der Waals surface area contributed by atoms with E-state index in [2.05, 4.69) is 38.5 Å². The van der Waals surface area contributed by atoms with Gasteiger partial charge >= 0.3 is 6.18 Å². The summed E-state index contributed by atoms with van der Waals surface area (Å²) in [5, 5.41) is 0.560. The molecule has 0 N–H and O–H groups in total. The molecule has 0 nitrogen and oxygen atoms in total. The second-order valence-corrected chi connectivity index (χ2v) is 17.3. The van der Waals surface area contributed by atoms with Crippen molar-refractivity contribution in [3.05, 3.63) is 0 Å². The summed E-state index contributed by atoms with van der Waals surface area (Å²) < 4.78 is 63.5. The highest BCUT2D eigenvalue weighted by Crippen LogP contribution is 2.79. The summed E-state index contributed by atoms with van der Waals surface area (Å²) in [5.41, 5.74) is 0. The van der Waals surface area contributed by atoms with Gasteiger partial charge in [-0.25, -0.2) is 8.78 Å². The first-order valence-corrected chi connectivity index (χ1v) is 13.9. The first kappa shape index (κ1) is 21.3. The van der Waals surface area contributed by atoms with E-state index in [9.17, 15) is 22.0 Å². The number of hydrogen-bond donors (Lipinski definition) is 0. The Balaban J connectivity index is 4.83. The molecule has 0 aliphatic carbocycles. The first-order chi connectivity index (χ1) is 8.74. The van der Waals surface area contributed by atoms with Crippen LogP contribution >= 0.6 is 78.0 Å². The molecule has 118 valence electrons. The van der Waals surface area contributed by atoms with Crippen molar-refractivity contribution in [2.24, 2.45) is 0 Å². The number of halogens is 7. The Kier molecular flexibility index (Phi) is 12.2. The highest BCUT2D eigenvalue weighted by Gasteiger charge is 2.40. The van der Waals surface area contributed by atoms with E-state index in [1.165, 1.54) is 21.6 Å². The second-order valence-electron chi connectivity index (χ2n) is 3.01. The normalized spacial score (nSPS) is 17.5. The molecule has 0 aromatic heterocycles. The minimum absolute atomic E-state index is 0.496. The lowest BCUT2D eigenvalue weighted by atomic mass is 10.8. The molecule has 0 saturated carbocycles. The van der Waals surface area contributed by atoms with Gasteiger partial charge in [-0.15, -0.1) is 0 Å². The van der Waals surface area contributed by atoms with Crippen LogP contribution in [0.15, 0.2) is 0 Å². The Morgan fingerprint density at radius 2 is 1.68 bits per heavy atom. The van der Waals surface area contributed by atoms with Gasteiger partial charge in [0, 0.05) is 21.3 Å². The molecular formula is C8H13BrF5IS4. The van der Waals surface area contributed by atoms with E-state index in [0.717, 1.165) is 10.8 Å². The van der Waals surface area contributed by atoms with E-state index in [0.29, 0.717) is 21.3 Å². The molecule has 11 heteroatoms. The van der Waals surface area contributed by atoms with Gasteiger partial charge in [0.2, 0.25) is 6.43 Å². The molecule has 0 aromatic rings. The smallest absolute Gasteiger partial charge is 0.210 e.